The zero-order valence-electron chi connectivity index (χ0n) is 20.4. The molecule has 0 aliphatic carbocycles. The van der Waals surface area contributed by atoms with Crippen LogP contribution >= 0.6 is 15.9 Å². The lowest BCUT2D eigenvalue weighted by atomic mass is 9.88. The van der Waals surface area contributed by atoms with Gasteiger partial charge in [0.2, 0.25) is 5.95 Å². The second kappa shape index (κ2) is 11.3. The van der Waals surface area contributed by atoms with Crippen molar-refractivity contribution in [2.75, 3.05) is 49.6 Å². The van der Waals surface area contributed by atoms with E-state index in [1.165, 1.54) is 6.07 Å². The molecule has 1 saturated heterocycles. The first-order valence-electron chi connectivity index (χ1n) is 11.8. The van der Waals surface area contributed by atoms with Crippen LogP contribution in [0, 0.1) is 16.6 Å². The highest BCUT2D eigenvalue weighted by molar-refractivity contribution is 9.10. The van der Waals surface area contributed by atoms with E-state index in [0.717, 1.165) is 32.5 Å². The second-order valence-corrected chi connectivity index (χ2v) is 11.3. The first-order valence-corrected chi connectivity index (χ1v) is 12.6. The Morgan fingerprint density at radius 3 is 2.50 bits per heavy atom. The Labute approximate surface area is 210 Å². The third kappa shape index (κ3) is 6.65. The summed E-state index contributed by atoms with van der Waals surface area (Å²) in [5.41, 5.74) is 0.107. The molecule has 188 valence electrons. The zero-order chi connectivity index (χ0) is 24.9. The molecule has 2 aromatic rings. The summed E-state index contributed by atoms with van der Waals surface area (Å²) in [6, 6.07) is 3.50. The van der Waals surface area contributed by atoms with Gasteiger partial charge in [0, 0.05) is 55.0 Å². The van der Waals surface area contributed by atoms with Gasteiger partial charge in [0.05, 0.1) is 16.6 Å². The summed E-state index contributed by atoms with van der Waals surface area (Å²) in [6.45, 7) is 12.8. The fraction of sp³-hybridized carbons (Fsp3) is 0.600. The molecular weight excluding hydrogens is 501 g/mol. The van der Waals surface area contributed by atoms with Crippen LogP contribution in [0.25, 0.3) is 10.9 Å². The van der Waals surface area contributed by atoms with E-state index in [1.807, 2.05) is 20.8 Å². The maximum absolute atomic E-state index is 14.4. The molecule has 0 amide bonds. The van der Waals surface area contributed by atoms with Gasteiger partial charge in [0.15, 0.2) is 0 Å². The predicted octanol–water partition coefficient (Wildman–Crippen LogP) is 4.09. The van der Waals surface area contributed by atoms with Gasteiger partial charge in [-0.05, 0) is 47.3 Å². The number of aliphatic hydroxyl groups is 2. The van der Waals surface area contributed by atoms with Gasteiger partial charge in [-0.15, -0.1) is 6.58 Å². The summed E-state index contributed by atoms with van der Waals surface area (Å²) in [4.78, 5) is 11.7. The van der Waals surface area contributed by atoms with E-state index in [4.69, 9.17) is 9.97 Å². The van der Waals surface area contributed by atoms with Crippen molar-refractivity contribution in [3.63, 3.8) is 0 Å². The van der Waals surface area contributed by atoms with E-state index in [-0.39, 0.29) is 24.4 Å². The minimum absolute atomic E-state index is 0.00456. The summed E-state index contributed by atoms with van der Waals surface area (Å²) in [6.07, 6.45) is 4.32. The fourth-order valence-corrected chi connectivity index (χ4v) is 4.32. The predicted molar refractivity (Wildman–Crippen MR) is 140 cm³/mol. The Morgan fingerprint density at radius 2 is 1.88 bits per heavy atom. The van der Waals surface area contributed by atoms with Crippen molar-refractivity contribution in [1.29, 1.82) is 0 Å². The van der Waals surface area contributed by atoms with E-state index in [9.17, 15) is 14.6 Å². The molecule has 0 radical (unpaired) electrons. The molecule has 2 heterocycles. The summed E-state index contributed by atoms with van der Waals surface area (Å²) < 4.78 is 14.7. The first-order chi connectivity index (χ1) is 16.1. The highest BCUT2D eigenvalue weighted by atomic mass is 79.9. The molecule has 4 N–H and O–H groups in total. The standard InChI is InChI=1S/C25H37BrFN5O2/c1-5-8-25(4,16-34)14-29-22-18-11-20(27)19(26)12-21(18)30-23(31-22)32-9-6-17(7-10-32)28-13-24(2,3)15-33/h5,11-12,17,28,33-34H,1,6-10,13-16H2,2-4H3,(H,29,30,31). The Balaban J connectivity index is 1.80. The molecule has 1 aromatic heterocycles. The Morgan fingerprint density at radius 1 is 1.18 bits per heavy atom. The van der Waals surface area contributed by atoms with Crippen molar-refractivity contribution >= 4 is 38.6 Å². The van der Waals surface area contributed by atoms with Gasteiger partial charge in [-0.3, -0.25) is 0 Å². The number of benzene rings is 1. The molecule has 1 aliphatic rings. The quantitative estimate of drug-likeness (QED) is 0.320. The number of allylic oxidation sites excluding steroid dienone is 1. The number of aromatic nitrogens is 2. The molecular formula is C25H37BrFN5O2. The number of hydrogen-bond donors (Lipinski definition) is 4. The van der Waals surface area contributed by atoms with E-state index in [2.05, 4.69) is 38.0 Å². The number of rotatable bonds is 11. The van der Waals surface area contributed by atoms with Gasteiger partial charge in [0.25, 0.3) is 0 Å². The average Bonchev–Trinajstić information content (AvgIpc) is 2.82. The number of aliphatic hydroxyl groups excluding tert-OH is 2. The van der Waals surface area contributed by atoms with Gasteiger partial charge in [0.1, 0.15) is 11.6 Å². The number of hydrogen-bond acceptors (Lipinski definition) is 7. The Kier molecular flexibility index (Phi) is 8.89. The van der Waals surface area contributed by atoms with Crippen molar-refractivity contribution in [2.45, 2.75) is 46.1 Å². The molecule has 3 rings (SSSR count). The number of anilines is 2. The maximum atomic E-state index is 14.4. The largest absolute Gasteiger partial charge is 0.396 e. The highest BCUT2D eigenvalue weighted by Crippen LogP contribution is 2.31. The second-order valence-electron chi connectivity index (χ2n) is 10.4. The van der Waals surface area contributed by atoms with Crippen molar-refractivity contribution < 1.29 is 14.6 Å². The SMILES string of the molecule is C=CCC(C)(CO)CNc1nc(N2CCC(NCC(C)(C)CO)CC2)nc2cc(Br)c(F)cc12. The Bertz CT molecular complexity index is 997. The van der Waals surface area contributed by atoms with Crippen LogP contribution < -0.4 is 15.5 Å². The van der Waals surface area contributed by atoms with Crippen LogP contribution in [0.5, 0.6) is 0 Å². The molecule has 34 heavy (non-hydrogen) atoms. The summed E-state index contributed by atoms with van der Waals surface area (Å²) >= 11 is 3.27. The van der Waals surface area contributed by atoms with Crippen LogP contribution in [0.1, 0.15) is 40.0 Å². The topological polar surface area (TPSA) is 93.5 Å². The normalized spacial score (nSPS) is 17.1. The van der Waals surface area contributed by atoms with Gasteiger partial charge in [-0.1, -0.05) is 26.8 Å². The van der Waals surface area contributed by atoms with E-state index < -0.39 is 5.41 Å². The molecule has 7 nitrogen and oxygen atoms in total. The summed E-state index contributed by atoms with van der Waals surface area (Å²) in [7, 11) is 0. The van der Waals surface area contributed by atoms with Crippen LogP contribution in [-0.4, -0.2) is 65.6 Å². The minimum atomic E-state index is -0.403. The lowest BCUT2D eigenvalue weighted by molar-refractivity contribution is 0.151. The van der Waals surface area contributed by atoms with Crippen molar-refractivity contribution in [2.24, 2.45) is 10.8 Å². The lowest BCUT2D eigenvalue weighted by Crippen LogP contribution is -2.46. The van der Waals surface area contributed by atoms with Gasteiger partial charge < -0.3 is 25.7 Å². The van der Waals surface area contributed by atoms with Crippen LogP contribution in [0.15, 0.2) is 29.3 Å². The molecule has 1 fully saturated rings. The molecule has 1 atom stereocenters. The smallest absolute Gasteiger partial charge is 0.227 e. The fourth-order valence-electron chi connectivity index (χ4n) is 3.99. The minimum Gasteiger partial charge on any atom is -0.396 e. The van der Waals surface area contributed by atoms with Gasteiger partial charge >= 0.3 is 0 Å². The molecule has 1 unspecified atom stereocenters. The number of nitrogens with one attached hydrogen (secondary N) is 2. The van der Waals surface area contributed by atoms with E-state index >= 15 is 0 Å². The van der Waals surface area contributed by atoms with E-state index in [1.54, 1.807) is 12.1 Å². The summed E-state index contributed by atoms with van der Waals surface area (Å²) in [5.74, 6) is 0.790. The van der Waals surface area contributed by atoms with Crippen LogP contribution in [0.2, 0.25) is 0 Å². The monoisotopic (exact) mass is 537 g/mol. The summed E-state index contributed by atoms with van der Waals surface area (Å²) in [5, 5.41) is 26.9. The third-order valence-electron chi connectivity index (χ3n) is 6.50. The zero-order valence-corrected chi connectivity index (χ0v) is 22.0. The molecule has 0 spiro atoms. The van der Waals surface area contributed by atoms with Crippen molar-refractivity contribution in [3.8, 4) is 0 Å². The average molecular weight is 539 g/mol. The van der Waals surface area contributed by atoms with Crippen LogP contribution in [-0.2, 0) is 0 Å². The number of nitrogens with zero attached hydrogens (tertiary/aromatic N) is 3. The molecule has 1 aromatic carbocycles. The van der Waals surface area contributed by atoms with Crippen molar-refractivity contribution in [1.82, 2.24) is 15.3 Å². The molecule has 0 saturated carbocycles. The molecule has 1 aliphatic heterocycles. The maximum Gasteiger partial charge on any atom is 0.227 e. The number of halogens is 2. The first kappa shape index (κ1) is 26.8. The molecule has 9 heteroatoms. The van der Waals surface area contributed by atoms with E-state index in [0.29, 0.717) is 46.1 Å². The van der Waals surface area contributed by atoms with Crippen LogP contribution in [0.4, 0.5) is 16.2 Å². The molecule has 0 bridgehead atoms. The van der Waals surface area contributed by atoms with Crippen LogP contribution in [0.3, 0.4) is 0 Å². The van der Waals surface area contributed by atoms with Gasteiger partial charge in [-0.2, -0.15) is 4.98 Å². The van der Waals surface area contributed by atoms with Crippen molar-refractivity contribution in [3.05, 3.63) is 35.1 Å². The van der Waals surface area contributed by atoms with Gasteiger partial charge in [-0.25, -0.2) is 9.37 Å². The number of piperidine rings is 1. The number of fused-ring (bicyclic) bond motifs is 1. The highest BCUT2D eigenvalue weighted by Gasteiger charge is 2.26. The lowest BCUT2D eigenvalue weighted by Gasteiger charge is -2.34. The Hall–Kier alpha value is -1.81. The third-order valence-corrected chi connectivity index (χ3v) is 7.11.